The zero-order valence-corrected chi connectivity index (χ0v) is 10.1. The van der Waals surface area contributed by atoms with Crippen molar-refractivity contribution in [2.75, 3.05) is 0 Å². The summed E-state index contributed by atoms with van der Waals surface area (Å²) >= 11 is 0. The van der Waals surface area contributed by atoms with Gasteiger partial charge in [0, 0.05) is 12.8 Å². The summed E-state index contributed by atoms with van der Waals surface area (Å²) in [6.45, 7) is 0. The molecule has 2 saturated heterocycles. The number of carbonyl (C=O) groups is 4. The molecule has 2 aliphatic rings. The van der Waals surface area contributed by atoms with Crippen LogP contribution in [-0.2, 0) is 19.2 Å². The first-order chi connectivity index (χ1) is 8.40. The molecule has 0 radical (unpaired) electrons. The first-order valence-electron chi connectivity index (χ1n) is 5.40. The number of hydrogen-bond acceptors (Lipinski definition) is 6. The normalized spacial score (nSPS) is 24.4. The maximum atomic E-state index is 10.4. The van der Waals surface area contributed by atoms with Crippen molar-refractivity contribution in [2.24, 2.45) is 0 Å². The van der Waals surface area contributed by atoms with E-state index in [1.54, 1.807) is 0 Å². The molecular formula is C10H12BeN2O6. The van der Waals surface area contributed by atoms with E-state index in [9.17, 15) is 29.4 Å². The minimum atomic E-state index is -1.19. The third-order valence-corrected chi connectivity index (χ3v) is 2.56. The molecule has 2 N–H and O–H groups in total. The van der Waals surface area contributed by atoms with Crippen molar-refractivity contribution in [1.82, 2.24) is 10.6 Å². The maximum absolute atomic E-state index is 10.4. The van der Waals surface area contributed by atoms with E-state index in [2.05, 4.69) is 10.6 Å². The summed E-state index contributed by atoms with van der Waals surface area (Å²) in [7, 11) is 0. The molecule has 2 amide bonds. The van der Waals surface area contributed by atoms with Gasteiger partial charge in [0.2, 0.25) is 11.8 Å². The number of rotatable bonds is 2. The van der Waals surface area contributed by atoms with Crippen molar-refractivity contribution in [3.8, 4) is 0 Å². The molecule has 0 aromatic heterocycles. The van der Waals surface area contributed by atoms with Crippen LogP contribution in [0.4, 0.5) is 0 Å². The van der Waals surface area contributed by atoms with Gasteiger partial charge < -0.3 is 30.4 Å². The van der Waals surface area contributed by atoms with Gasteiger partial charge in [-0.05, 0) is 12.8 Å². The third kappa shape index (κ3) is 5.48. The summed E-state index contributed by atoms with van der Waals surface area (Å²) in [5.41, 5.74) is 0. The summed E-state index contributed by atoms with van der Waals surface area (Å²) in [6.07, 6.45) is 1.33. The van der Waals surface area contributed by atoms with Crippen LogP contribution in [0.1, 0.15) is 25.7 Å². The molecule has 100 valence electrons. The van der Waals surface area contributed by atoms with Crippen LogP contribution < -0.4 is 20.8 Å². The average molecular weight is 265 g/mol. The van der Waals surface area contributed by atoms with E-state index in [0.717, 1.165) is 0 Å². The number of carboxylic acids is 2. The number of aliphatic carboxylic acids is 2. The van der Waals surface area contributed by atoms with Crippen LogP contribution in [0.5, 0.6) is 0 Å². The molecule has 0 unspecified atom stereocenters. The number of carboxylic acid groups (broad SMARTS) is 2. The fourth-order valence-electron chi connectivity index (χ4n) is 1.58. The molecule has 2 rings (SSSR count). The Morgan fingerprint density at radius 3 is 1.32 bits per heavy atom. The van der Waals surface area contributed by atoms with Gasteiger partial charge in [-0.3, -0.25) is 9.59 Å². The Morgan fingerprint density at radius 1 is 0.895 bits per heavy atom. The maximum Gasteiger partial charge on any atom is 2.00 e. The molecule has 0 aliphatic carbocycles. The predicted octanol–water partition coefficient (Wildman–Crippen LogP) is -4.35. The molecule has 9 heteroatoms. The summed E-state index contributed by atoms with van der Waals surface area (Å²) in [6, 6.07) is -1.50. The zero-order chi connectivity index (χ0) is 13.7. The first-order valence-corrected chi connectivity index (χ1v) is 5.40. The Hall–Kier alpha value is -1.95. The van der Waals surface area contributed by atoms with E-state index in [0.29, 0.717) is 25.7 Å². The summed E-state index contributed by atoms with van der Waals surface area (Å²) in [5, 5.41) is 24.5. The second kappa shape index (κ2) is 7.48. The van der Waals surface area contributed by atoms with Crippen molar-refractivity contribution in [3.63, 3.8) is 0 Å². The molecule has 2 fully saturated rings. The van der Waals surface area contributed by atoms with E-state index in [1.165, 1.54) is 0 Å². The van der Waals surface area contributed by atoms with E-state index >= 15 is 0 Å². The molecule has 0 bridgehead atoms. The molecule has 2 heterocycles. The summed E-state index contributed by atoms with van der Waals surface area (Å²) < 4.78 is 0. The topological polar surface area (TPSA) is 138 Å². The quantitative estimate of drug-likeness (QED) is 0.484. The number of nitrogens with one attached hydrogen (secondary N) is 2. The standard InChI is InChI=1S/2C5H7NO3.Be/c2*7-4-2-1-3(6-4)5(8)9;/h2*3H,1-2H2,(H,6,7)(H,8,9);/q;;+2/p-2/t2*3-;/m00./s1. The summed E-state index contributed by atoms with van der Waals surface area (Å²) in [4.78, 5) is 40.8. The Balaban J connectivity index is 0.000000324. The van der Waals surface area contributed by atoms with Crippen LogP contribution in [0.25, 0.3) is 0 Å². The Kier molecular flexibility index (Phi) is 6.71. The van der Waals surface area contributed by atoms with Crippen LogP contribution in [0.3, 0.4) is 0 Å². The predicted molar refractivity (Wildman–Crippen MR) is 58.1 cm³/mol. The Morgan fingerprint density at radius 2 is 1.21 bits per heavy atom. The van der Waals surface area contributed by atoms with Crippen molar-refractivity contribution >= 4 is 33.9 Å². The molecule has 0 aromatic rings. The Labute approximate surface area is 112 Å². The van der Waals surface area contributed by atoms with E-state index in [4.69, 9.17) is 0 Å². The third-order valence-electron chi connectivity index (χ3n) is 2.56. The van der Waals surface area contributed by atoms with Gasteiger partial charge in [-0.2, -0.15) is 0 Å². The second-order valence-corrected chi connectivity index (χ2v) is 3.96. The van der Waals surface area contributed by atoms with Gasteiger partial charge in [-0.1, -0.05) is 0 Å². The van der Waals surface area contributed by atoms with Crippen molar-refractivity contribution < 1.29 is 29.4 Å². The minimum absolute atomic E-state index is 0. The zero-order valence-electron chi connectivity index (χ0n) is 10.1. The average Bonchev–Trinajstić information content (AvgIpc) is 2.88. The van der Waals surface area contributed by atoms with Crippen molar-refractivity contribution in [2.45, 2.75) is 37.8 Å². The van der Waals surface area contributed by atoms with Gasteiger partial charge in [0.1, 0.15) is 0 Å². The van der Waals surface area contributed by atoms with Gasteiger partial charge in [0.05, 0.1) is 24.0 Å². The SMILES string of the molecule is O=C1CC[C@@H](C(=O)[O-])N1.O=C1CC[C@@H](C(=O)[O-])N1.[Be+2]. The molecule has 19 heavy (non-hydrogen) atoms. The fraction of sp³-hybridized carbons (Fsp3) is 0.600. The van der Waals surface area contributed by atoms with Gasteiger partial charge in [0.15, 0.2) is 0 Å². The van der Waals surface area contributed by atoms with Gasteiger partial charge in [-0.25, -0.2) is 0 Å². The van der Waals surface area contributed by atoms with Crippen LogP contribution in [0.15, 0.2) is 0 Å². The second-order valence-electron chi connectivity index (χ2n) is 3.96. The summed E-state index contributed by atoms with van der Waals surface area (Å²) in [5.74, 6) is -2.80. The monoisotopic (exact) mass is 265 g/mol. The Bertz CT molecular complexity index is 350. The van der Waals surface area contributed by atoms with E-state index in [1.807, 2.05) is 0 Å². The van der Waals surface area contributed by atoms with Crippen molar-refractivity contribution in [3.05, 3.63) is 0 Å². The minimum Gasteiger partial charge on any atom is -0.548 e. The van der Waals surface area contributed by atoms with Crippen LogP contribution in [0, 0.1) is 0 Å². The molecular weight excluding hydrogens is 253 g/mol. The molecule has 0 saturated carbocycles. The van der Waals surface area contributed by atoms with Gasteiger partial charge in [0.25, 0.3) is 0 Å². The van der Waals surface area contributed by atoms with E-state index in [-0.39, 0.29) is 21.9 Å². The molecule has 0 spiro atoms. The number of hydrogen-bond donors (Lipinski definition) is 2. The van der Waals surface area contributed by atoms with Gasteiger partial charge in [-0.15, -0.1) is 0 Å². The number of carbonyl (C=O) groups excluding carboxylic acids is 4. The molecule has 2 aliphatic heterocycles. The number of amides is 2. The fourth-order valence-corrected chi connectivity index (χ4v) is 1.58. The van der Waals surface area contributed by atoms with Gasteiger partial charge >= 0.3 is 10.1 Å². The smallest absolute Gasteiger partial charge is 0.548 e. The van der Waals surface area contributed by atoms with Crippen LogP contribution in [0.2, 0.25) is 0 Å². The first kappa shape index (κ1) is 17.0. The molecule has 2 atom stereocenters. The van der Waals surface area contributed by atoms with Crippen LogP contribution in [-0.4, -0.2) is 46.0 Å². The largest absolute Gasteiger partial charge is 2.00 e. The molecule has 8 nitrogen and oxygen atoms in total. The van der Waals surface area contributed by atoms with Crippen LogP contribution >= 0.6 is 0 Å². The molecule has 0 aromatic carbocycles. The van der Waals surface area contributed by atoms with Crippen molar-refractivity contribution in [1.29, 1.82) is 0 Å². The van der Waals surface area contributed by atoms with E-state index < -0.39 is 24.0 Å².